The first kappa shape index (κ1) is 26.7. The highest BCUT2D eigenvalue weighted by Crippen LogP contribution is 2.01. The van der Waals surface area contributed by atoms with Crippen LogP contribution in [-0.2, 0) is 28.8 Å². The van der Waals surface area contributed by atoms with Crippen LogP contribution in [0.4, 0.5) is 0 Å². The van der Waals surface area contributed by atoms with Crippen LogP contribution in [0.25, 0.3) is 0 Å². The summed E-state index contributed by atoms with van der Waals surface area (Å²) in [5.74, 6) is -4.38. The lowest BCUT2D eigenvalue weighted by Crippen LogP contribution is -2.51. The van der Waals surface area contributed by atoms with Gasteiger partial charge in [-0.3, -0.25) is 28.8 Å². The van der Waals surface area contributed by atoms with Crippen molar-refractivity contribution in [2.45, 2.75) is 25.3 Å². The van der Waals surface area contributed by atoms with Crippen molar-refractivity contribution in [3.63, 3.8) is 0 Å². The van der Waals surface area contributed by atoms with Crippen LogP contribution in [-0.4, -0.2) is 85.9 Å². The summed E-state index contributed by atoms with van der Waals surface area (Å²) in [5.41, 5.74) is 10.5. The normalized spacial score (nSPS) is 11.0. The molecule has 1 atom stereocenters. The Morgan fingerprint density at radius 1 is 0.700 bits per heavy atom. The first-order chi connectivity index (χ1) is 14.2. The molecule has 170 valence electrons. The Labute approximate surface area is 172 Å². The number of nitrogens with two attached hydrogens (primary N) is 2. The molecule has 0 bridgehead atoms. The van der Waals surface area contributed by atoms with Crippen LogP contribution in [0.2, 0.25) is 0 Å². The molecule has 0 saturated heterocycles. The number of carboxylic acid groups (broad SMARTS) is 1. The molecule has 0 radical (unpaired) electrons. The van der Waals surface area contributed by atoms with Gasteiger partial charge in [-0.1, -0.05) is 0 Å². The van der Waals surface area contributed by atoms with Crippen molar-refractivity contribution in [3.05, 3.63) is 0 Å². The van der Waals surface area contributed by atoms with E-state index in [1.807, 2.05) is 0 Å². The lowest BCUT2D eigenvalue weighted by molar-refractivity contribution is -0.138. The summed E-state index contributed by atoms with van der Waals surface area (Å²) in [5, 5.41) is 19.8. The number of carbonyl (C=O) groups excluding carboxylic acids is 5. The molecular formula is C16H29N7O7. The van der Waals surface area contributed by atoms with Gasteiger partial charge >= 0.3 is 5.97 Å². The highest BCUT2D eigenvalue weighted by atomic mass is 16.4. The van der Waals surface area contributed by atoms with Crippen molar-refractivity contribution in [3.8, 4) is 0 Å². The molecule has 10 N–H and O–H groups in total. The maximum Gasteiger partial charge on any atom is 0.322 e. The molecule has 0 rings (SSSR count). The molecule has 0 aromatic rings. The standard InChI is InChI=1S/C16H29N7O7/c17-4-2-1-3-10(16(30)22-7-13(26)21-9-15(28)29)23-14(27)8-20-12(25)6-19-11(24)5-18/h10H,1-9,17-18H2,(H,19,24)(H,20,25)(H,21,26)(H,22,30)(H,23,27)(H,28,29)/t10-/m0/s1. The number of amides is 5. The largest absolute Gasteiger partial charge is 0.480 e. The van der Waals surface area contributed by atoms with E-state index in [1.54, 1.807) is 0 Å². The maximum atomic E-state index is 12.3. The third-order valence-electron chi connectivity index (χ3n) is 3.54. The van der Waals surface area contributed by atoms with Gasteiger partial charge < -0.3 is 43.2 Å². The van der Waals surface area contributed by atoms with Gasteiger partial charge in [0, 0.05) is 0 Å². The molecular weight excluding hydrogens is 402 g/mol. The lowest BCUT2D eigenvalue weighted by atomic mass is 10.1. The Kier molecular flexibility index (Phi) is 13.9. The van der Waals surface area contributed by atoms with E-state index in [0.29, 0.717) is 19.4 Å². The van der Waals surface area contributed by atoms with Crippen LogP contribution in [0.15, 0.2) is 0 Å². The minimum Gasteiger partial charge on any atom is -0.480 e. The zero-order chi connectivity index (χ0) is 22.9. The molecule has 0 heterocycles. The van der Waals surface area contributed by atoms with Gasteiger partial charge in [-0.05, 0) is 25.8 Å². The van der Waals surface area contributed by atoms with Gasteiger partial charge in [0.1, 0.15) is 12.6 Å². The highest BCUT2D eigenvalue weighted by Gasteiger charge is 2.21. The molecule has 0 unspecified atom stereocenters. The van der Waals surface area contributed by atoms with E-state index in [-0.39, 0.29) is 19.5 Å². The second-order valence-electron chi connectivity index (χ2n) is 6.05. The average molecular weight is 431 g/mol. The molecule has 5 amide bonds. The van der Waals surface area contributed by atoms with E-state index in [0.717, 1.165) is 0 Å². The van der Waals surface area contributed by atoms with Crippen molar-refractivity contribution in [1.29, 1.82) is 0 Å². The molecule has 0 aliphatic rings. The predicted octanol–water partition coefficient (Wildman–Crippen LogP) is -4.89. The number of hydrogen-bond donors (Lipinski definition) is 8. The summed E-state index contributed by atoms with van der Waals surface area (Å²) in [7, 11) is 0. The second-order valence-corrected chi connectivity index (χ2v) is 6.05. The van der Waals surface area contributed by atoms with Crippen LogP contribution in [0.3, 0.4) is 0 Å². The number of hydrogen-bond acceptors (Lipinski definition) is 8. The summed E-state index contributed by atoms with van der Waals surface area (Å²) < 4.78 is 0. The van der Waals surface area contributed by atoms with Crippen LogP contribution in [0.1, 0.15) is 19.3 Å². The fraction of sp³-hybridized carbons (Fsp3) is 0.625. The SMILES string of the molecule is NCCCC[C@H](NC(=O)CNC(=O)CNC(=O)CN)C(=O)NCC(=O)NCC(=O)O. The monoisotopic (exact) mass is 431 g/mol. The first-order valence-electron chi connectivity index (χ1n) is 9.18. The molecule has 0 fully saturated rings. The van der Waals surface area contributed by atoms with Gasteiger partial charge in [0.15, 0.2) is 0 Å². The van der Waals surface area contributed by atoms with E-state index in [1.165, 1.54) is 0 Å². The number of carboxylic acids is 1. The van der Waals surface area contributed by atoms with Gasteiger partial charge in [0.25, 0.3) is 0 Å². The van der Waals surface area contributed by atoms with E-state index in [2.05, 4.69) is 26.6 Å². The van der Waals surface area contributed by atoms with E-state index >= 15 is 0 Å². The number of aliphatic carboxylic acids is 1. The van der Waals surface area contributed by atoms with Crippen molar-refractivity contribution < 1.29 is 33.9 Å². The van der Waals surface area contributed by atoms with Gasteiger partial charge in [-0.2, -0.15) is 0 Å². The highest BCUT2D eigenvalue weighted by molar-refractivity contribution is 5.93. The van der Waals surface area contributed by atoms with Crippen molar-refractivity contribution in [1.82, 2.24) is 26.6 Å². The zero-order valence-electron chi connectivity index (χ0n) is 16.5. The Balaban J connectivity index is 4.53. The van der Waals surface area contributed by atoms with Gasteiger partial charge in [-0.25, -0.2) is 0 Å². The summed E-state index contributed by atoms with van der Waals surface area (Å²) in [6.07, 6.45) is 1.37. The Morgan fingerprint density at radius 3 is 1.80 bits per heavy atom. The summed E-state index contributed by atoms with van der Waals surface area (Å²) >= 11 is 0. The minimum atomic E-state index is -1.23. The van der Waals surface area contributed by atoms with Crippen LogP contribution >= 0.6 is 0 Å². The number of unbranched alkanes of at least 4 members (excludes halogenated alkanes) is 1. The summed E-state index contributed by atoms with van der Waals surface area (Å²) in [6, 6.07) is -0.981. The van der Waals surface area contributed by atoms with Crippen molar-refractivity contribution in [2.24, 2.45) is 11.5 Å². The second kappa shape index (κ2) is 15.6. The van der Waals surface area contributed by atoms with Crippen molar-refractivity contribution >= 4 is 35.5 Å². The smallest absolute Gasteiger partial charge is 0.322 e. The van der Waals surface area contributed by atoms with Gasteiger partial charge in [0.2, 0.25) is 29.5 Å². The molecule has 0 aliphatic heterocycles. The lowest BCUT2D eigenvalue weighted by Gasteiger charge is -2.18. The van der Waals surface area contributed by atoms with Crippen molar-refractivity contribution in [2.75, 3.05) is 39.3 Å². The number of carbonyl (C=O) groups is 6. The van der Waals surface area contributed by atoms with Gasteiger partial charge in [0.05, 0.1) is 26.2 Å². The third-order valence-corrected chi connectivity index (χ3v) is 3.54. The Bertz CT molecular complexity index is 627. The van der Waals surface area contributed by atoms with E-state index in [9.17, 15) is 28.8 Å². The molecule has 14 nitrogen and oxygen atoms in total. The molecule has 0 aromatic carbocycles. The molecule has 0 saturated carbocycles. The first-order valence-corrected chi connectivity index (χ1v) is 9.18. The van der Waals surface area contributed by atoms with E-state index < -0.39 is 61.2 Å². The van der Waals surface area contributed by atoms with Crippen LogP contribution in [0, 0.1) is 0 Å². The number of rotatable bonds is 15. The fourth-order valence-electron chi connectivity index (χ4n) is 2.03. The topological polar surface area (TPSA) is 235 Å². The Hall–Kier alpha value is -3.26. The number of nitrogens with one attached hydrogen (secondary N) is 5. The molecule has 0 aromatic heterocycles. The van der Waals surface area contributed by atoms with Gasteiger partial charge in [-0.15, -0.1) is 0 Å². The van der Waals surface area contributed by atoms with Crippen LogP contribution in [0.5, 0.6) is 0 Å². The molecule has 0 spiro atoms. The average Bonchev–Trinajstić information content (AvgIpc) is 2.71. The zero-order valence-corrected chi connectivity index (χ0v) is 16.5. The predicted molar refractivity (Wildman–Crippen MR) is 104 cm³/mol. The third kappa shape index (κ3) is 13.8. The summed E-state index contributed by atoms with van der Waals surface area (Å²) in [4.78, 5) is 68.7. The van der Waals surface area contributed by atoms with E-state index in [4.69, 9.17) is 16.6 Å². The summed E-state index contributed by atoms with van der Waals surface area (Å²) in [6.45, 7) is -1.72. The Morgan fingerprint density at radius 2 is 1.23 bits per heavy atom. The van der Waals surface area contributed by atoms with Crippen LogP contribution < -0.4 is 38.1 Å². The minimum absolute atomic E-state index is 0.242. The maximum absolute atomic E-state index is 12.3. The molecule has 30 heavy (non-hydrogen) atoms. The fourth-order valence-corrected chi connectivity index (χ4v) is 2.03. The quantitative estimate of drug-likeness (QED) is 0.116. The molecule has 14 heteroatoms. The molecule has 0 aliphatic carbocycles.